The van der Waals surface area contributed by atoms with E-state index in [-0.39, 0.29) is 12.3 Å². The van der Waals surface area contributed by atoms with Crippen LogP contribution in [0.15, 0.2) is 48.1 Å². The first kappa shape index (κ1) is 17.8. The lowest BCUT2D eigenvalue weighted by atomic mass is 10.3. The first-order chi connectivity index (χ1) is 12.6. The van der Waals surface area contributed by atoms with Gasteiger partial charge in [0.25, 0.3) is 5.91 Å². The summed E-state index contributed by atoms with van der Waals surface area (Å²) in [6.45, 7) is 3.56. The number of thiazole rings is 1. The van der Waals surface area contributed by atoms with Gasteiger partial charge in [0.2, 0.25) is 0 Å². The largest absolute Gasteiger partial charge is 0.464 e. The second-order valence-electron chi connectivity index (χ2n) is 5.49. The van der Waals surface area contributed by atoms with Crippen LogP contribution in [-0.4, -0.2) is 39.3 Å². The van der Waals surface area contributed by atoms with Crippen molar-refractivity contribution in [2.24, 2.45) is 0 Å². The molecule has 0 fully saturated rings. The van der Waals surface area contributed by atoms with E-state index in [4.69, 9.17) is 4.74 Å². The Morgan fingerprint density at radius 2 is 2.08 bits per heavy atom. The van der Waals surface area contributed by atoms with E-state index in [1.54, 1.807) is 30.1 Å². The molecular formula is C18H18N4O3S. The summed E-state index contributed by atoms with van der Waals surface area (Å²) in [4.78, 5) is 28.2. The molecule has 0 aliphatic rings. The Balaban J connectivity index is 1.71. The van der Waals surface area contributed by atoms with Gasteiger partial charge in [0.05, 0.1) is 18.5 Å². The number of nitrogens with one attached hydrogen (secondary N) is 1. The number of para-hydroxylation sites is 1. The van der Waals surface area contributed by atoms with Crippen molar-refractivity contribution >= 4 is 23.2 Å². The van der Waals surface area contributed by atoms with Crippen LogP contribution in [0.1, 0.15) is 24.3 Å². The van der Waals surface area contributed by atoms with E-state index in [9.17, 15) is 9.59 Å². The highest BCUT2D eigenvalue weighted by molar-refractivity contribution is 7.13. The van der Waals surface area contributed by atoms with Crippen LogP contribution in [0.25, 0.3) is 16.3 Å². The van der Waals surface area contributed by atoms with Gasteiger partial charge in [-0.3, -0.25) is 4.79 Å². The minimum absolute atomic E-state index is 0.258. The van der Waals surface area contributed by atoms with Crippen molar-refractivity contribution in [3.05, 3.63) is 53.8 Å². The number of carbonyl (C=O) groups excluding carboxylic acids is 2. The molecule has 26 heavy (non-hydrogen) atoms. The average molecular weight is 370 g/mol. The third-order valence-electron chi connectivity index (χ3n) is 3.57. The van der Waals surface area contributed by atoms with E-state index in [1.807, 2.05) is 36.5 Å². The zero-order valence-corrected chi connectivity index (χ0v) is 15.2. The zero-order chi connectivity index (χ0) is 18.5. The number of ether oxygens (including phenoxy) is 1. The number of aromatic nitrogens is 3. The van der Waals surface area contributed by atoms with Gasteiger partial charge in [-0.1, -0.05) is 18.2 Å². The molecule has 0 saturated heterocycles. The fourth-order valence-electron chi connectivity index (χ4n) is 2.26. The lowest BCUT2D eigenvalue weighted by Gasteiger charge is -2.11. The topological polar surface area (TPSA) is 86.1 Å². The number of nitrogens with zero attached hydrogens (tertiary/aromatic N) is 3. The van der Waals surface area contributed by atoms with E-state index in [2.05, 4.69) is 15.4 Å². The zero-order valence-electron chi connectivity index (χ0n) is 14.4. The summed E-state index contributed by atoms with van der Waals surface area (Å²) in [6, 6.07) is 8.99. The molecule has 8 heteroatoms. The second-order valence-corrected chi connectivity index (χ2v) is 6.35. The molecule has 7 nitrogen and oxygen atoms in total. The summed E-state index contributed by atoms with van der Waals surface area (Å²) >= 11 is 1.34. The molecule has 0 aliphatic carbocycles. The average Bonchev–Trinajstić information content (AvgIpc) is 3.32. The van der Waals surface area contributed by atoms with E-state index in [1.165, 1.54) is 11.3 Å². The molecule has 134 valence electrons. The molecule has 0 aliphatic heterocycles. The number of esters is 1. The molecule has 3 rings (SSSR count). The summed E-state index contributed by atoms with van der Waals surface area (Å²) in [6.07, 6.45) is 3.56. The van der Waals surface area contributed by atoms with Gasteiger partial charge in [0.15, 0.2) is 0 Å². The van der Waals surface area contributed by atoms with Gasteiger partial charge in [0.1, 0.15) is 16.7 Å². The van der Waals surface area contributed by atoms with Gasteiger partial charge in [0, 0.05) is 17.1 Å². The Morgan fingerprint density at radius 3 is 2.81 bits per heavy atom. The Hall–Kier alpha value is -3.00. The predicted octanol–water partition coefficient (Wildman–Crippen LogP) is 2.68. The fraction of sp³-hybridized carbons (Fsp3) is 0.222. The summed E-state index contributed by atoms with van der Waals surface area (Å²) < 4.78 is 6.63. The summed E-state index contributed by atoms with van der Waals surface area (Å²) in [5.74, 6) is -0.885. The Bertz CT molecular complexity index is 904. The number of hydrogen-bond acceptors (Lipinski definition) is 6. The number of carbonyl (C=O) groups is 2. The summed E-state index contributed by atoms with van der Waals surface area (Å²) in [5.41, 5.74) is 2.02. The van der Waals surface area contributed by atoms with Crippen LogP contribution in [0.3, 0.4) is 0 Å². The standard InChI is InChI=1S/C18H18N4O3S/c1-3-25-18(24)12(2)20-16(23)15-11-26-17(21-15)13-9-19-22(10-13)14-7-5-4-6-8-14/h4-12H,3H2,1-2H3,(H,20,23). The van der Waals surface area contributed by atoms with Crippen LogP contribution in [-0.2, 0) is 9.53 Å². The van der Waals surface area contributed by atoms with Crippen LogP contribution in [0.2, 0.25) is 0 Å². The van der Waals surface area contributed by atoms with E-state index >= 15 is 0 Å². The molecule has 1 amide bonds. The van der Waals surface area contributed by atoms with Crippen LogP contribution in [0, 0.1) is 0 Å². The van der Waals surface area contributed by atoms with Crippen molar-refractivity contribution in [3.63, 3.8) is 0 Å². The number of rotatable bonds is 6. The van der Waals surface area contributed by atoms with Crippen molar-refractivity contribution < 1.29 is 14.3 Å². The molecule has 0 bridgehead atoms. The van der Waals surface area contributed by atoms with E-state index < -0.39 is 17.9 Å². The Kier molecular flexibility index (Phi) is 5.43. The smallest absolute Gasteiger partial charge is 0.328 e. The third-order valence-corrected chi connectivity index (χ3v) is 4.47. The Morgan fingerprint density at radius 1 is 1.31 bits per heavy atom. The number of benzene rings is 1. The molecule has 0 radical (unpaired) electrons. The van der Waals surface area contributed by atoms with Crippen molar-refractivity contribution in [2.45, 2.75) is 19.9 Å². The SMILES string of the molecule is CCOC(=O)C(C)NC(=O)c1csc(-c2cnn(-c3ccccc3)c2)n1. The highest BCUT2D eigenvalue weighted by Gasteiger charge is 2.20. The lowest BCUT2D eigenvalue weighted by molar-refractivity contribution is -0.144. The number of hydrogen-bond donors (Lipinski definition) is 1. The highest BCUT2D eigenvalue weighted by Crippen LogP contribution is 2.24. The third kappa shape index (κ3) is 3.97. The van der Waals surface area contributed by atoms with E-state index in [0.717, 1.165) is 11.3 Å². The molecule has 2 aromatic heterocycles. The molecule has 1 aromatic carbocycles. The molecular weight excluding hydrogens is 352 g/mol. The maximum atomic E-state index is 12.2. The van der Waals surface area contributed by atoms with E-state index in [0.29, 0.717) is 5.01 Å². The minimum atomic E-state index is -0.728. The maximum Gasteiger partial charge on any atom is 0.328 e. The highest BCUT2D eigenvalue weighted by atomic mass is 32.1. The molecule has 1 atom stereocenters. The van der Waals surface area contributed by atoms with Gasteiger partial charge < -0.3 is 10.1 Å². The summed E-state index contributed by atoms with van der Waals surface area (Å²) in [7, 11) is 0. The minimum Gasteiger partial charge on any atom is -0.464 e. The first-order valence-corrected chi connectivity index (χ1v) is 9.00. The maximum absolute atomic E-state index is 12.2. The van der Waals surface area contributed by atoms with Gasteiger partial charge in [-0.25, -0.2) is 14.5 Å². The quantitative estimate of drug-likeness (QED) is 0.674. The molecule has 1 N–H and O–H groups in total. The predicted molar refractivity (Wildman–Crippen MR) is 98.2 cm³/mol. The van der Waals surface area contributed by atoms with Crippen LogP contribution in [0.4, 0.5) is 0 Å². The van der Waals surface area contributed by atoms with Crippen molar-refractivity contribution in [2.75, 3.05) is 6.61 Å². The van der Waals surface area contributed by atoms with Crippen molar-refractivity contribution in [3.8, 4) is 16.3 Å². The van der Waals surface area contributed by atoms with Gasteiger partial charge in [-0.2, -0.15) is 5.10 Å². The normalized spacial score (nSPS) is 11.8. The van der Waals surface area contributed by atoms with Crippen LogP contribution < -0.4 is 5.32 Å². The summed E-state index contributed by atoms with van der Waals surface area (Å²) in [5, 5.41) is 9.25. The lowest BCUT2D eigenvalue weighted by Crippen LogP contribution is -2.39. The molecule has 3 aromatic rings. The van der Waals surface area contributed by atoms with Crippen LogP contribution in [0.5, 0.6) is 0 Å². The molecule has 2 heterocycles. The fourth-order valence-corrected chi connectivity index (χ4v) is 3.04. The van der Waals surface area contributed by atoms with Crippen LogP contribution >= 0.6 is 11.3 Å². The Labute approximate surface area is 154 Å². The van der Waals surface area contributed by atoms with Gasteiger partial charge in [-0.05, 0) is 26.0 Å². The van der Waals surface area contributed by atoms with Crippen molar-refractivity contribution in [1.29, 1.82) is 0 Å². The molecule has 0 saturated carbocycles. The van der Waals surface area contributed by atoms with Gasteiger partial charge >= 0.3 is 5.97 Å². The second kappa shape index (κ2) is 7.92. The van der Waals surface area contributed by atoms with Gasteiger partial charge in [-0.15, -0.1) is 11.3 Å². The monoisotopic (exact) mass is 370 g/mol. The molecule has 1 unspecified atom stereocenters. The van der Waals surface area contributed by atoms with Crippen molar-refractivity contribution in [1.82, 2.24) is 20.1 Å². The first-order valence-electron chi connectivity index (χ1n) is 8.12. The molecule has 0 spiro atoms. The number of amides is 1.